The minimum Gasteiger partial charge on any atom is -0.479 e. The molecule has 0 aliphatic rings. The van der Waals surface area contributed by atoms with Gasteiger partial charge in [0, 0.05) is 13.6 Å². The Balaban J connectivity index is 2.76. The van der Waals surface area contributed by atoms with Crippen molar-refractivity contribution in [3.63, 3.8) is 0 Å². The number of hydrogen-bond donors (Lipinski definition) is 3. The third kappa shape index (κ3) is 3.74. The molecule has 0 bridgehead atoms. The Morgan fingerprint density at radius 1 is 1.33 bits per heavy atom. The molecule has 0 heterocycles. The largest absolute Gasteiger partial charge is 0.479 e. The number of nitrogens with zero attached hydrogens (tertiary/aromatic N) is 1. The molecule has 3 N–H and O–H groups in total. The summed E-state index contributed by atoms with van der Waals surface area (Å²) in [7, 11) is 1.48. The van der Waals surface area contributed by atoms with E-state index in [2.05, 4.69) is 5.32 Å². The molecule has 0 radical (unpaired) electrons. The lowest BCUT2D eigenvalue weighted by atomic mass is 10.1. The number of rotatable bonds is 5. The van der Waals surface area contributed by atoms with E-state index in [-0.39, 0.29) is 13.2 Å². The average Bonchev–Trinajstić information content (AvgIpc) is 2.36. The molecule has 1 aromatic carbocycles. The fourth-order valence-electron chi connectivity index (χ4n) is 1.42. The van der Waals surface area contributed by atoms with Crippen LogP contribution in [0.5, 0.6) is 0 Å². The molecule has 6 heteroatoms. The first-order chi connectivity index (χ1) is 8.56. The minimum absolute atomic E-state index is 0.146. The summed E-state index contributed by atoms with van der Waals surface area (Å²) in [5, 5.41) is 20.2. The molecule has 0 fully saturated rings. The second kappa shape index (κ2) is 6.61. The first-order valence-electron chi connectivity index (χ1n) is 5.46. The minimum atomic E-state index is -1.13. The standard InChI is InChI=1S/C12H16N2O4/c1-14(7-8-15)12(18)13-10(11(16)17)9-5-3-2-4-6-9/h2-6,10,15H,7-8H2,1H3,(H,13,18)(H,16,17)/t10-/m0/s1. The van der Waals surface area contributed by atoms with Crippen molar-refractivity contribution < 1.29 is 19.8 Å². The predicted octanol–water partition coefficient (Wildman–Crippen LogP) is 0.446. The molecule has 0 saturated heterocycles. The third-order valence-corrected chi connectivity index (χ3v) is 2.43. The maximum Gasteiger partial charge on any atom is 0.330 e. The van der Waals surface area contributed by atoms with Gasteiger partial charge >= 0.3 is 12.0 Å². The number of carboxylic acid groups (broad SMARTS) is 1. The van der Waals surface area contributed by atoms with Gasteiger partial charge in [0.1, 0.15) is 0 Å². The monoisotopic (exact) mass is 252 g/mol. The molecular formula is C12H16N2O4. The Morgan fingerprint density at radius 3 is 2.44 bits per heavy atom. The number of carboxylic acids is 1. The molecule has 0 saturated carbocycles. The predicted molar refractivity (Wildman–Crippen MR) is 65.1 cm³/mol. The van der Waals surface area contributed by atoms with Crippen LogP contribution in [0.1, 0.15) is 11.6 Å². The maximum absolute atomic E-state index is 11.7. The smallest absolute Gasteiger partial charge is 0.330 e. The molecule has 0 aliphatic heterocycles. The van der Waals surface area contributed by atoms with Crippen LogP contribution in [0.15, 0.2) is 30.3 Å². The lowest BCUT2D eigenvalue weighted by Crippen LogP contribution is -2.42. The highest BCUT2D eigenvalue weighted by molar-refractivity contribution is 5.83. The second-order valence-corrected chi connectivity index (χ2v) is 3.78. The number of aliphatic carboxylic acids is 1. The van der Waals surface area contributed by atoms with Gasteiger partial charge in [0.25, 0.3) is 0 Å². The van der Waals surface area contributed by atoms with Crippen molar-refractivity contribution in [2.75, 3.05) is 20.2 Å². The van der Waals surface area contributed by atoms with E-state index in [1.165, 1.54) is 11.9 Å². The Labute approximate surface area is 105 Å². The van der Waals surface area contributed by atoms with Gasteiger partial charge in [0.05, 0.1) is 6.61 Å². The van der Waals surface area contributed by atoms with E-state index < -0.39 is 18.0 Å². The topological polar surface area (TPSA) is 89.9 Å². The first-order valence-corrected chi connectivity index (χ1v) is 5.46. The van der Waals surface area contributed by atoms with Gasteiger partial charge < -0.3 is 20.4 Å². The molecule has 2 amide bonds. The number of aliphatic hydroxyl groups is 1. The summed E-state index contributed by atoms with van der Waals surface area (Å²) < 4.78 is 0. The quantitative estimate of drug-likeness (QED) is 0.709. The van der Waals surface area contributed by atoms with Crippen LogP contribution in [0.3, 0.4) is 0 Å². The summed E-state index contributed by atoms with van der Waals surface area (Å²) in [4.78, 5) is 24.0. The van der Waals surface area contributed by atoms with E-state index in [0.717, 1.165) is 0 Å². The van der Waals surface area contributed by atoms with Gasteiger partial charge in [-0.15, -0.1) is 0 Å². The highest BCUT2D eigenvalue weighted by atomic mass is 16.4. The molecule has 0 spiro atoms. The van der Waals surface area contributed by atoms with Crippen molar-refractivity contribution in [2.24, 2.45) is 0 Å². The van der Waals surface area contributed by atoms with Gasteiger partial charge in [0.15, 0.2) is 6.04 Å². The molecule has 18 heavy (non-hydrogen) atoms. The van der Waals surface area contributed by atoms with Crippen molar-refractivity contribution in [1.82, 2.24) is 10.2 Å². The first kappa shape index (κ1) is 14.0. The van der Waals surface area contributed by atoms with Crippen LogP contribution in [-0.2, 0) is 4.79 Å². The van der Waals surface area contributed by atoms with Crippen molar-refractivity contribution in [3.8, 4) is 0 Å². The van der Waals surface area contributed by atoms with Crippen molar-refractivity contribution in [2.45, 2.75) is 6.04 Å². The number of nitrogens with one attached hydrogen (secondary N) is 1. The van der Waals surface area contributed by atoms with Crippen LogP contribution >= 0.6 is 0 Å². The van der Waals surface area contributed by atoms with Crippen LogP contribution in [0.4, 0.5) is 4.79 Å². The highest BCUT2D eigenvalue weighted by Gasteiger charge is 2.23. The maximum atomic E-state index is 11.7. The Hall–Kier alpha value is -2.08. The summed E-state index contributed by atoms with van der Waals surface area (Å²) >= 11 is 0. The van der Waals surface area contributed by atoms with Crippen molar-refractivity contribution >= 4 is 12.0 Å². The van der Waals surface area contributed by atoms with E-state index in [4.69, 9.17) is 10.2 Å². The van der Waals surface area contributed by atoms with Crippen LogP contribution in [0.25, 0.3) is 0 Å². The fourth-order valence-corrected chi connectivity index (χ4v) is 1.42. The molecule has 98 valence electrons. The van der Waals surface area contributed by atoms with Crippen LogP contribution < -0.4 is 5.32 Å². The van der Waals surface area contributed by atoms with Crippen LogP contribution in [0.2, 0.25) is 0 Å². The molecule has 0 aliphatic carbocycles. The average molecular weight is 252 g/mol. The summed E-state index contributed by atoms with van der Waals surface area (Å²) in [6, 6.07) is 6.79. The Morgan fingerprint density at radius 2 is 1.94 bits per heavy atom. The normalized spacial score (nSPS) is 11.7. The van der Waals surface area contributed by atoms with Crippen LogP contribution in [-0.4, -0.2) is 47.3 Å². The molecule has 0 unspecified atom stereocenters. The van der Waals surface area contributed by atoms with Gasteiger partial charge in [0.2, 0.25) is 0 Å². The van der Waals surface area contributed by atoms with Gasteiger partial charge in [-0.05, 0) is 5.56 Å². The molecule has 0 aromatic heterocycles. The van der Waals surface area contributed by atoms with Gasteiger partial charge in [-0.2, -0.15) is 0 Å². The SMILES string of the molecule is CN(CCO)C(=O)N[C@H](C(=O)O)c1ccccc1. The second-order valence-electron chi connectivity index (χ2n) is 3.78. The summed E-state index contributed by atoms with van der Waals surface area (Å²) in [5.41, 5.74) is 0.496. The summed E-state index contributed by atoms with van der Waals surface area (Å²) in [6.45, 7) is -0.0278. The number of carbonyl (C=O) groups is 2. The van der Waals surface area contributed by atoms with Crippen molar-refractivity contribution in [1.29, 1.82) is 0 Å². The van der Waals surface area contributed by atoms with Crippen LogP contribution in [0, 0.1) is 0 Å². The highest BCUT2D eigenvalue weighted by Crippen LogP contribution is 2.12. The fraction of sp³-hybridized carbons (Fsp3) is 0.333. The lowest BCUT2D eigenvalue weighted by molar-refractivity contribution is -0.139. The van der Waals surface area contributed by atoms with Gasteiger partial charge in [-0.1, -0.05) is 30.3 Å². The molecule has 1 atom stereocenters. The zero-order valence-electron chi connectivity index (χ0n) is 10.0. The number of likely N-dealkylation sites (N-methyl/N-ethyl adjacent to an activating group) is 1. The van der Waals surface area contributed by atoms with E-state index in [9.17, 15) is 9.59 Å². The number of benzene rings is 1. The molecule has 6 nitrogen and oxygen atoms in total. The van der Waals surface area contributed by atoms with Crippen molar-refractivity contribution in [3.05, 3.63) is 35.9 Å². The number of carbonyl (C=O) groups excluding carboxylic acids is 1. The molecule has 1 rings (SSSR count). The summed E-state index contributed by atoms with van der Waals surface area (Å²) in [5.74, 6) is -1.13. The number of urea groups is 1. The Kier molecular flexibility index (Phi) is 5.13. The molecule has 1 aromatic rings. The zero-order chi connectivity index (χ0) is 13.5. The lowest BCUT2D eigenvalue weighted by Gasteiger charge is -2.20. The van der Waals surface area contributed by atoms with E-state index in [1.807, 2.05) is 0 Å². The number of amides is 2. The third-order valence-electron chi connectivity index (χ3n) is 2.43. The Bertz CT molecular complexity index is 408. The zero-order valence-corrected chi connectivity index (χ0v) is 10.0. The van der Waals surface area contributed by atoms with Gasteiger partial charge in [-0.25, -0.2) is 9.59 Å². The van der Waals surface area contributed by atoms with E-state index in [1.54, 1.807) is 30.3 Å². The molecular weight excluding hydrogens is 236 g/mol. The number of hydrogen-bond acceptors (Lipinski definition) is 3. The number of aliphatic hydroxyl groups excluding tert-OH is 1. The van der Waals surface area contributed by atoms with E-state index >= 15 is 0 Å². The van der Waals surface area contributed by atoms with E-state index in [0.29, 0.717) is 5.56 Å². The van der Waals surface area contributed by atoms with Gasteiger partial charge in [-0.3, -0.25) is 0 Å². The summed E-state index contributed by atoms with van der Waals surface area (Å²) in [6.07, 6.45) is 0.